The monoisotopic (exact) mass is 321 g/mol. The van der Waals surface area contributed by atoms with Crippen LogP contribution in [0.3, 0.4) is 0 Å². The summed E-state index contributed by atoms with van der Waals surface area (Å²) in [4.78, 5) is 14.8. The molecule has 1 atom stereocenters. The fourth-order valence-electron chi connectivity index (χ4n) is 2.79. The second-order valence-electron chi connectivity index (χ2n) is 7.23. The molecule has 1 unspecified atom stereocenters. The Balaban J connectivity index is 3.17. The van der Waals surface area contributed by atoms with Crippen LogP contribution >= 0.6 is 0 Å². The van der Waals surface area contributed by atoms with Crippen LogP contribution in [0, 0.1) is 11.2 Å². The van der Waals surface area contributed by atoms with Crippen LogP contribution in [0.1, 0.15) is 72.8 Å². The van der Waals surface area contributed by atoms with Crippen molar-refractivity contribution in [3.8, 4) is 0 Å². The topological polar surface area (TPSA) is 20.3 Å². The highest BCUT2D eigenvalue weighted by atomic mass is 19.1. The first kappa shape index (κ1) is 19.7. The number of nitrogens with zero attached hydrogens (tertiary/aromatic N) is 1. The van der Waals surface area contributed by atoms with Crippen molar-refractivity contribution in [3.05, 3.63) is 29.6 Å². The average Bonchev–Trinajstić information content (AvgIpc) is 2.49. The fraction of sp³-hybridized carbons (Fsp3) is 0.650. The highest BCUT2D eigenvalue weighted by molar-refractivity contribution is 5.94. The van der Waals surface area contributed by atoms with Gasteiger partial charge in [0.1, 0.15) is 5.82 Å². The molecule has 1 aromatic carbocycles. The molecular weight excluding hydrogens is 289 g/mol. The zero-order valence-corrected chi connectivity index (χ0v) is 15.6. The van der Waals surface area contributed by atoms with Crippen molar-refractivity contribution in [3.63, 3.8) is 0 Å². The molecule has 0 fully saturated rings. The number of benzene rings is 1. The molecule has 0 aliphatic heterocycles. The molecule has 0 spiro atoms. The van der Waals surface area contributed by atoms with Crippen LogP contribution in [0.15, 0.2) is 18.2 Å². The van der Waals surface area contributed by atoms with Crippen LogP contribution in [0.4, 0.5) is 10.1 Å². The highest BCUT2D eigenvalue weighted by Gasteiger charge is 2.27. The van der Waals surface area contributed by atoms with Crippen LogP contribution < -0.4 is 4.90 Å². The Morgan fingerprint density at radius 2 is 1.91 bits per heavy atom. The smallest absolute Gasteiger partial charge is 0.227 e. The summed E-state index contributed by atoms with van der Waals surface area (Å²) in [5.41, 5.74) is 1.47. The van der Waals surface area contributed by atoms with E-state index in [0.717, 1.165) is 24.9 Å². The van der Waals surface area contributed by atoms with E-state index in [9.17, 15) is 9.18 Å². The average molecular weight is 321 g/mol. The summed E-state index contributed by atoms with van der Waals surface area (Å²) in [6.45, 7) is 12.5. The van der Waals surface area contributed by atoms with Crippen LogP contribution in [-0.4, -0.2) is 11.9 Å². The predicted octanol–water partition coefficient (Wildman–Crippen LogP) is 5.74. The van der Waals surface area contributed by atoms with Gasteiger partial charge in [-0.3, -0.25) is 4.79 Å². The van der Waals surface area contributed by atoms with E-state index in [0.29, 0.717) is 18.4 Å². The van der Waals surface area contributed by atoms with E-state index in [2.05, 4.69) is 34.6 Å². The summed E-state index contributed by atoms with van der Waals surface area (Å²) in [6, 6.07) is 5.17. The van der Waals surface area contributed by atoms with Gasteiger partial charge in [0.15, 0.2) is 0 Å². The predicted molar refractivity (Wildman–Crippen MR) is 96.3 cm³/mol. The molecule has 2 nitrogen and oxygen atoms in total. The normalized spacial score (nSPS) is 13.0. The minimum atomic E-state index is -0.194. The van der Waals surface area contributed by atoms with Gasteiger partial charge in [-0.05, 0) is 48.9 Å². The first-order chi connectivity index (χ1) is 10.8. The fourth-order valence-corrected chi connectivity index (χ4v) is 2.79. The van der Waals surface area contributed by atoms with Crippen molar-refractivity contribution in [1.82, 2.24) is 0 Å². The Morgan fingerprint density at radius 3 is 2.43 bits per heavy atom. The molecular formula is C20H32FNO. The minimum Gasteiger partial charge on any atom is -0.310 e. The van der Waals surface area contributed by atoms with E-state index >= 15 is 0 Å². The molecule has 0 aliphatic carbocycles. The zero-order valence-electron chi connectivity index (χ0n) is 15.6. The van der Waals surface area contributed by atoms with Crippen molar-refractivity contribution >= 4 is 11.6 Å². The molecule has 0 saturated carbocycles. The van der Waals surface area contributed by atoms with Gasteiger partial charge in [-0.2, -0.15) is 0 Å². The zero-order chi connectivity index (χ0) is 17.6. The number of halogens is 1. The molecule has 3 heteroatoms. The molecule has 0 saturated heterocycles. The quantitative estimate of drug-likeness (QED) is 0.598. The summed E-state index contributed by atoms with van der Waals surface area (Å²) < 4.78 is 13.8. The van der Waals surface area contributed by atoms with Gasteiger partial charge in [-0.1, -0.05) is 47.5 Å². The van der Waals surface area contributed by atoms with E-state index in [1.54, 1.807) is 6.07 Å². The number of anilines is 1. The minimum absolute atomic E-state index is 0.0190. The Bertz CT molecular complexity index is 524. The summed E-state index contributed by atoms with van der Waals surface area (Å²) in [6.07, 6.45) is 4.06. The maximum Gasteiger partial charge on any atom is 0.227 e. The Hall–Kier alpha value is -1.38. The lowest BCUT2D eigenvalue weighted by molar-refractivity contribution is -0.121. The Labute approximate surface area is 141 Å². The van der Waals surface area contributed by atoms with Gasteiger partial charge in [-0.25, -0.2) is 4.39 Å². The van der Waals surface area contributed by atoms with Gasteiger partial charge in [0.2, 0.25) is 5.91 Å². The Kier molecular flexibility index (Phi) is 7.24. The molecule has 130 valence electrons. The lowest BCUT2D eigenvalue weighted by Crippen LogP contribution is -2.40. The summed E-state index contributed by atoms with van der Waals surface area (Å²) >= 11 is 0. The third-order valence-corrected chi connectivity index (χ3v) is 4.69. The summed E-state index contributed by atoms with van der Waals surface area (Å²) in [7, 11) is 0. The van der Waals surface area contributed by atoms with Gasteiger partial charge in [-0.15, -0.1) is 0 Å². The van der Waals surface area contributed by atoms with Crippen LogP contribution in [0.5, 0.6) is 0 Å². The molecule has 1 amide bonds. The van der Waals surface area contributed by atoms with Crippen molar-refractivity contribution in [2.75, 3.05) is 4.90 Å². The number of rotatable bonds is 8. The number of aryl methyl sites for hydroxylation is 1. The molecule has 0 radical (unpaired) electrons. The lowest BCUT2D eigenvalue weighted by atomic mass is 9.85. The summed E-state index contributed by atoms with van der Waals surface area (Å²) in [5.74, 6) is -0.0628. The standard InChI is InChI=1S/C20H32FNO/c1-7-10-15(4)22(19(23)14-20(5,6)9-3)17-11-12-18(21)16(8-2)13-17/h11-13,15H,7-10,14H2,1-6H3. The first-order valence-corrected chi connectivity index (χ1v) is 8.86. The van der Waals surface area contributed by atoms with Crippen molar-refractivity contribution < 1.29 is 9.18 Å². The molecule has 1 rings (SSSR count). The number of carbonyl (C=O) groups is 1. The SMILES string of the molecule is CCCC(C)N(C(=O)CC(C)(C)CC)c1ccc(F)c(CC)c1. The molecule has 23 heavy (non-hydrogen) atoms. The van der Waals surface area contributed by atoms with E-state index in [1.807, 2.05) is 17.9 Å². The second kappa shape index (κ2) is 8.47. The van der Waals surface area contributed by atoms with E-state index < -0.39 is 0 Å². The van der Waals surface area contributed by atoms with Crippen molar-refractivity contribution in [2.45, 2.75) is 79.7 Å². The molecule has 1 aromatic rings. The molecule has 0 heterocycles. The van der Waals surface area contributed by atoms with E-state index in [-0.39, 0.29) is 23.2 Å². The number of hydrogen-bond donors (Lipinski definition) is 0. The second-order valence-corrected chi connectivity index (χ2v) is 7.23. The first-order valence-electron chi connectivity index (χ1n) is 8.86. The molecule has 0 aromatic heterocycles. The van der Waals surface area contributed by atoms with Gasteiger partial charge in [0, 0.05) is 18.2 Å². The summed E-state index contributed by atoms with van der Waals surface area (Å²) in [5, 5.41) is 0. The maximum absolute atomic E-state index is 13.8. The van der Waals surface area contributed by atoms with Crippen molar-refractivity contribution in [1.29, 1.82) is 0 Å². The van der Waals surface area contributed by atoms with E-state index in [4.69, 9.17) is 0 Å². The van der Waals surface area contributed by atoms with Crippen molar-refractivity contribution in [2.24, 2.45) is 5.41 Å². The van der Waals surface area contributed by atoms with Crippen LogP contribution in [0.2, 0.25) is 0 Å². The molecule has 0 aliphatic rings. The maximum atomic E-state index is 13.8. The van der Waals surface area contributed by atoms with Gasteiger partial charge in [0.25, 0.3) is 0 Å². The molecule has 0 N–H and O–H groups in total. The Morgan fingerprint density at radius 1 is 1.26 bits per heavy atom. The lowest BCUT2D eigenvalue weighted by Gasteiger charge is -2.33. The van der Waals surface area contributed by atoms with Crippen LogP contribution in [0.25, 0.3) is 0 Å². The van der Waals surface area contributed by atoms with Gasteiger partial charge < -0.3 is 4.90 Å². The van der Waals surface area contributed by atoms with Crippen LogP contribution in [-0.2, 0) is 11.2 Å². The highest BCUT2D eigenvalue weighted by Crippen LogP contribution is 2.29. The van der Waals surface area contributed by atoms with E-state index in [1.165, 1.54) is 6.07 Å². The van der Waals surface area contributed by atoms with Gasteiger partial charge in [0.05, 0.1) is 0 Å². The number of carbonyl (C=O) groups excluding carboxylic acids is 1. The third kappa shape index (κ3) is 5.33. The number of amides is 1. The van der Waals surface area contributed by atoms with Gasteiger partial charge >= 0.3 is 0 Å². The third-order valence-electron chi connectivity index (χ3n) is 4.69. The number of hydrogen-bond acceptors (Lipinski definition) is 1. The largest absolute Gasteiger partial charge is 0.310 e. The molecule has 0 bridgehead atoms.